The van der Waals surface area contributed by atoms with E-state index < -0.39 is 0 Å². The van der Waals surface area contributed by atoms with Crippen LogP contribution in [-0.2, 0) is 13.1 Å². The zero-order chi connectivity index (χ0) is 16.7. The summed E-state index contributed by atoms with van der Waals surface area (Å²) >= 11 is 0. The average Bonchev–Trinajstić information content (AvgIpc) is 2.56. The number of aliphatic imine (C=N–C) groups is 1. The van der Waals surface area contributed by atoms with Gasteiger partial charge in [0.25, 0.3) is 0 Å². The van der Waals surface area contributed by atoms with E-state index in [0.717, 1.165) is 16.9 Å². The Kier molecular flexibility index (Phi) is 5.97. The van der Waals surface area contributed by atoms with Crippen LogP contribution in [-0.4, -0.2) is 20.1 Å². The highest BCUT2D eigenvalue weighted by Crippen LogP contribution is 2.18. The first-order valence-corrected chi connectivity index (χ1v) is 7.45. The van der Waals surface area contributed by atoms with E-state index in [0.29, 0.717) is 24.6 Å². The number of halogens is 1. The van der Waals surface area contributed by atoms with Crippen molar-refractivity contribution in [3.63, 3.8) is 0 Å². The molecule has 0 aliphatic heterocycles. The largest absolute Gasteiger partial charge is 0.496 e. The Bertz CT molecular complexity index is 686. The lowest BCUT2D eigenvalue weighted by molar-refractivity contribution is 0.411. The summed E-state index contributed by atoms with van der Waals surface area (Å²) in [4.78, 5) is 4.15. The van der Waals surface area contributed by atoms with Crippen molar-refractivity contribution >= 4 is 5.96 Å². The quantitative estimate of drug-likeness (QED) is 0.658. The number of hydrogen-bond acceptors (Lipinski definition) is 2. The molecule has 122 valence electrons. The second-order valence-electron chi connectivity index (χ2n) is 5.17. The van der Waals surface area contributed by atoms with Gasteiger partial charge in [0.05, 0.1) is 7.11 Å². The molecule has 0 spiro atoms. The van der Waals surface area contributed by atoms with Gasteiger partial charge in [0.1, 0.15) is 11.6 Å². The van der Waals surface area contributed by atoms with Crippen LogP contribution < -0.4 is 15.4 Å². The Balaban J connectivity index is 1.90. The van der Waals surface area contributed by atoms with Gasteiger partial charge in [-0.15, -0.1) is 0 Å². The van der Waals surface area contributed by atoms with Crippen LogP contribution in [0.3, 0.4) is 0 Å². The maximum Gasteiger partial charge on any atom is 0.191 e. The Morgan fingerprint density at radius 2 is 1.87 bits per heavy atom. The third kappa shape index (κ3) is 4.71. The molecule has 0 radical (unpaired) electrons. The molecule has 0 amide bonds. The zero-order valence-corrected chi connectivity index (χ0v) is 13.7. The van der Waals surface area contributed by atoms with Gasteiger partial charge < -0.3 is 15.4 Å². The molecule has 0 atom stereocenters. The van der Waals surface area contributed by atoms with Crippen molar-refractivity contribution < 1.29 is 9.13 Å². The molecule has 0 aliphatic carbocycles. The molecular weight excluding hydrogens is 293 g/mol. The second kappa shape index (κ2) is 8.17. The molecule has 23 heavy (non-hydrogen) atoms. The molecule has 0 saturated carbocycles. The lowest BCUT2D eigenvalue weighted by Gasteiger charge is -2.13. The molecule has 0 fully saturated rings. The normalized spacial score (nSPS) is 11.2. The van der Waals surface area contributed by atoms with Gasteiger partial charge in [-0.3, -0.25) is 4.99 Å². The summed E-state index contributed by atoms with van der Waals surface area (Å²) in [6.07, 6.45) is 0. The lowest BCUT2D eigenvalue weighted by Crippen LogP contribution is -2.36. The van der Waals surface area contributed by atoms with Crippen molar-refractivity contribution in [2.75, 3.05) is 14.2 Å². The number of benzene rings is 2. The number of nitrogens with zero attached hydrogens (tertiary/aromatic N) is 1. The molecule has 0 saturated heterocycles. The van der Waals surface area contributed by atoms with Crippen LogP contribution in [0.1, 0.15) is 16.7 Å². The Morgan fingerprint density at radius 3 is 2.52 bits per heavy atom. The number of hydrogen-bond donors (Lipinski definition) is 2. The zero-order valence-electron chi connectivity index (χ0n) is 13.7. The molecule has 0 unspecified atom stereocenters. The second-order valence-corrected chi connectivity index (χ2v) is 5.17. The first-order chi connectivity index (χ1) is 11.1. The van der Waals surface area contributed by atoms with E-state index in [9.17, 15) is 4.39 Å². The fourth-order valence-corrected chi connectivity index (χ4v) is 2.28. The number of nitrogens with one attached hydrogen (secondary N) is 2. The van der Waals surface area contributed by atoms with Crippen LogP contribution in [0, 0.1) is 12.7 Å². The number of aryl methyl sites for hydroxylation is 1. The van der Waals surface area contributed by atoms with E-state index in [1.165, 1.54) is 6.07 Å². The van der Waals surface area contributed by atoms with Crippen molar-refractivity contribution in [3.05, 3.63) is 65.0 Å². The molecule has 2 aromatic carbocycles. The van der Waals surface area contributed by atoms with Crippen LogP contribution in [0.5, 0.6) is 5.75 Å². The Morgan fingerprint density at radius 1 is 1.13 bits per heavy atom. The predicted octanol–water partition coefficient (Wildman–Crippen LogP) is 3.01. The van der Waals surface area contributed by atoms with E-state index in [4.69, 9.17) is 4.74 Å². The maximum absolute atomic E-state index is 13.6. The molecule has 2 N–H and O–H groups in total. The Hall–Kier alpha value is -2.56. The average molecular weight is 315 g/mol. The first-order valence-electron chi connectivity index (χ1n) is 7.45. The smallest absolute Gasteiger partial charge is 0.191 e. The maximum atomic E-state index is 13.6. The standard InChI is InChI=1S/C18H22FN3O/c1-13-10-14(8-9-17(13)23-3)11-21-18(20-2)22-12-15-6-4-5-7-16(15)19/h4-10H,11-12H2,1-3H3,(H2,20,21,22). The van der Waals surface area contributed by atoms with Crippen LogP contribution in [0.25, 0.3) is 0 Å². The molecular formula is C18H22FN3O. The van der Waals surface area contributed by atoms with Crippen LogP contribution in [0.4, 0.5) is 4.39 Å². The molecule has 5 heteroatoms. The minimum Gasteiger partial charge on any atom is -0.496 e. The highest BCUT2D eigenvalue weighted by atomic mass is 19.1. The number of ether oxygens (including phenoxy) is 1. The Labute approximate surface area is 136 Å². The van der Waals surface area contributed by atoms with Gasteiger partial charge in [-0.1, -0.05) is 30.3 Å². The molecule has 0 heterocycles. The minimum absolute atomic E-state index is 0.221. The summed E-state index contributed by atoms with van der Waals surface area (Å²) in [7, 11) is 3.35. The lowest BCUT2D eigenvalue weighted by atomic mass is 10.1. The first kappa shape index (κ1) is 16.8. The SMILES string of the molecule is CN=C(NCc1ccc(OC)c(C)c1)NCc1ccccc1F. The third-order valence-electron chi connectivity index (χ3n) is 3.55. The van der Waals surface area contributed by atoms with Crippen molar-refractivity contribution in [3.8, 4) is 5.75 Å². The van der Waals surface area contributed by atoms with Gasteiger partial charge in [0, 0.05) is 25.7 Å². The molecule has 0 aromatic heterocycles. The van der Waals surface area contributed by atoms with Gasteiger partial charge >= 0.3 is 0 Å². The highest BCUT2D eigenvalue weighted by Gasteiger charge is 2.04. The molecule has 0 bridgehead atoms. The fraction of sp³-hybridized carbons (Fsp3) is 0.278. The van der Waals surface area contributed by atoms with Gasteiger partial charge in [-0.25, -0.2) is 4.39 Å². The predicted molar refractivity (Wildman–Crippen MR) is 91.2 cm³/mol. The molecule has 4 nitrogen and oxygen atoms in total. The number of rotatable bonds is 5. The minimum atomic E-state index is -0.221. The molecule has 0 aliphatic rings. The van der Waals surface area contributed by atoms with Crippen LogP contribution >= 0.6 is 0 Å². The summed E-state index contributed by atoms with van der Waals surface area (Å²) in [5.74, 6) is 1.28. The monoisotopic (exact) mass is 315 g/mol. The summed E-state index contributed by atoms with van der Waals surface area (Å²) in [6.45, 7) is 3.02. The van der Waals surface area contributed by atoms with E-state index in [1.54, 1.807) is 26.3 Å². The van der Waals surface area contributed by atoms with Gasteiger partial charge in [-0.05, 0) is 30.2 Å². The van der Waals surface area contributed by atoms with Gasteiger partial charge in [-0.2, -0.15) is 0 Å². The number of methoxy groups -OCH3 is 1. The highest BCUT2D eigenvalue weighted by molar-refractivity contribution is 5.79. The van der Waals surface area contributed by atoms with E-state index in [-0.39, 0.29) is 5.82 Å². The van der Waals surface area contributed by atoms with E-state index in [2.05, 4.69) is 21.7 Å². The van der Waals surface area contributed by atoms with E-state index in [1.807, 2.05) is 25.1 Å². The fourth-order valence-electron chi connectivity index (χ4n) is 2.28. The van der Waals surface area contributed by atoms with Gasteiger partial charge in [0.2, 0.25) is 0 Å². The van der Waals surface area contributed by atoms with Gasteiger partial charge in [0.15, 0.2) is 5.96 Å². The van der Waals surface area contributed by atoms with E-state index >= 15 is 0 Å². The van der Waals surface area contributed by atoms with Crippen molar-refractivity contribution in [2.24, 2.45) is 4.99 Å². The molecule has 2 rings (SSSR count). The summed E-state index contributed by atoms with van der Waals surface area (Å²) < 4.78 is 18.9. The number of guanidine groups is 1. The van der Waals surface area contributed by atoms with Crippen molar-refractivity contribution in [1.29, 1.82) is 0 Å². The van der Waals surface area contributed by atoms with Crippen LogP contribution in [0.2, 0.25) is 0 Å². The van der Waals surface area contributed by atoms with Crippen LogP contribution in [0.15, 0.2) is 47.5 Å². The molecule has 2 aromatic rings. The summed E-state index contributed by atoms with van der Waals surface area (Å²) in [5.41, 5.74) is 2.81. The summed E-state index contributed by atoms with van der Waals surface area (Å²) in [6, 6.07) is 12.7. The third-order valence-corrected chi connectivity index (χ3v) is 3.55. The van der Waals surface area contributed by atoms with Crippen molar-refractivity contribution in [1.82, 2.24) is 10.6 Å². The topological polar surface area (TPSA) is 45.7 Å². The summed E-state index contributed by atoms with van der Waals surface area (Å²) in [5, 5.41) is 6.32. The van der Waals surface area contributed by atoms with Crippen molar-refractivity contribution in [2.45, 2.75) is 20.0 Å².